The topological polar surface area (TPSA) is 42.2 Å². The molecule has 3 nitrogen and oxygen atoms in total. The summed E-state index contributed by atoms with van der Waals surface area (Å²) in [5.74, 6) is 0.0669. The Morgan fingerprint density at radius 2 is 2.05 bits per heavy atom. The lowest BCUT2D eigenvalue weighted by Gasteiger charge is -2.04. The molecule has 112 valence electrons. The third-order valence-corrected chi connectivity index (χ3v) is 3.93. The molecule has 0 saturated carbocycles. The highest BCUT2D eigenvalue weighted by Crippen LogP contribution is 2.27. The highest BCUT2D eigenvalue weighted by Gasteiger charge is 2.18. The number of amides is 1. The summed E-state index contributed by atoms with van der Waals surface area (Å²) in [6, 6.07) is 13.0. The van der Waals surface area contributed by atoms with Crippen molar-refractivity contribution >= 4 is 34.2 Å². The van der Waals surface area contributed by atoms with E-state index in [0.29, 0.717) is 16.5 Å². The second-order valence-corrected chi connectivity index (χ2v) is 5.64. The van der Waals surface area contributed by atoms with E-state index in [-0.39, 0.29) is 5.91 Å². The summed E-state index contributed by atoms with van der Waals surface area (Å²) >= 11 is 5.93. The van der Waals surface area contributed by atoms with Gasteiger partial charge in [-0.05, 0) is 49.2 Å². The molecule has 22 heavy (non-hydrogen) atoms. The van der Waals surface area contributed by atoms with Gasteiger partial charge in [0, 0.05) is 21.7 Å². The first-order valence-electron chi connectivity index (χ1n) is 7.17. The molecule has 0 aliphatic rings. The van der Waals surface area contributed by atoms with E-state index in [2.05, 4.69) is 18.3 Å². The van der Waals surface area contributed by atoms with E-state index >= 15 is 0 Å². The zero-order valence-electron chi connectivity index (χ0n) is 12.4. The van der Waals surface area contributed by atoms with Gasteiger partial charge in [0.25, 0.3) is 5.91 Å². The largest absolute Gasteiger partial charge is 0.451 e. The second kappa shape index (κ2) is 5.85. The fraction of sp³-hybridized carbons (Fsp3) is 0.167. The number of nitrogens with one attached hydrogen (secondary N) is 1. The number of hydrogen-bond donors (Lipinski definition) is 1. The predicted molar refractivity (Wildman–Crippen MR) is 89.7 cm³/mol. The molecule has 1 heterocycles. The van der Waals surface area contributed by atoms with Crippen LogP contribution in [0.3, 0.4) is 0 Å². The molecule has 0 radical (unpaired) electrons. The third kappa shape index (κ3) is 2.72. The Kier molecular flexibility index (Phi) is 3.90. The van der Waals surface area contributed by atoms with Crippen molar-refractivity contribution in [1.82, 2.24) is 0 Å². The van der Waals surface area contributed by atoms with Gasteiger partial charge in [0.05, 0.1) is 0 Å². The number of carbonyl (C=O) groups is 1. The van der Waals surface area contributed by atoms with Crippen molar-refractivity contribution in [3.8, 4) is 0 Å². The SMILES string of the molecule is CCc1ccc2oc(C(=O)Nc3cccc(Cl)c3)c(C)c2c1. The Hall–Kier alpha value is -2.26. The van der Waals surface area contributed by atoms with Crippen LogP contribution in [0.1, 0.15) is 28.6 Å². The van der Waals surface area contributed by atoms with Crippen LogP contribution in [0.15, 0.2) is 46.9 Å². The number of carbonyl (C=O) groups excluding carboxylic acids is 1. The van der Waals surface area contributed by atoms with Crippen LogP contribution in [-0.2, 0) is 6.42 Å². The Morgan fingerprint density at radius 1 is 1.23 bits per heavy atom. The van der Waals surface area contributed by atoms with Crippen molar-refractivity contribution in [2.45, 2.75) is 20.3 Å². The van der Waals surface area contributed by atoms with Crippen LogP contribution in [0, 0.1) is 6.92 Å². The van der Waals surface area contributed by atoms with Crippen LogP contribution in [0.2, 0.25) is 5.02 Å². The van der Waals surface area contributed by atoms with Gasteiger partial charge in [0.2, 0.25) is 0 Å². The maximum atomic E-state index is 12.4. The number of hydrogen-bond acceptors (Lipinski definition) is 2. The number of fused-ring (bicyclic) bond motifs is 1. The van der Waals surface area contributed by atoms with Gasteiger partial charge >= 0.3 is 0 Å². The lowest BCUT2D eigenvalue weighted by molar-refractivity contribution is 0.0998. The molecular weight excluding hydrogens is 298 g/mol. The zero-order chi connectivity index (χ0) is 15.7. The van der Waals surface area contributed by atoms with Gasteiger partial charge in [-0.3, -0.25) is 4.79 Å². The first kappa shape index (κ1) is 14.7. The number of furan rings is 1. The second-order valence-electron chi connectivity index (χ2n) is 5.20. The number of benzene rings is 2. The van der Waals surface area contributed by atoms with E-state index in [1.807, 2.05) is 19.1 Å². The highest BCUT2D eigenvalue weighted by atomic mass is 35.5. The molecule has 0 saturated heterocycles. The van der Waals surface area contributed by atoms with Crippen LogP contribution in [0.5, 0.6) is 0 Å². The summed E-state index contributed by atoms with van der Waals surface area (Å²) in [6.07, 6.45) is 0.949. The quantitative estimate of drug-likeness (QED) is 0.721. The Labute approximate surface area is 133 Å². The lowest BCUT2D eigenvalue weighted by Crippen LogP contribution is -2.11. The minimum Gasteiger partial charge on any atom is -0.451 e. The zero-order valence-corrected chi connectivity index (χ0v) is 13.2. The number of rotatable bonds is 3. The first-order chi connectivity index (χ1) is 10.6. The van der Waals surface area contributed by atoms with E-state index in [9.17, 15) is 4.79 Å². The Balaban J connectivity index is 1.95. The molecule has 0 aliphatic heterocycles. The Bertz CT molecular complexity index is 851. The summed E-state index contributed by atoms with van der Waals surface area (Å²) in [5.41, 5.74) is 3.44. The van der Waals surface area contributed by atoms with Crippen LogP contribution >= 0.6 is 11.6 Å². The minimum absolute atomic E-state index is 0.269. The van der Waals surface area contributed by atoms with E-state index in [0.717, 1.165) is 23.0 Å². The molecule has 0 spiro atoms. The third-order valence-electron chi connectivity index (χ3n) is 3.70. The van der Waals surface area contributed by atoms with Crippen molar-refractivity contribution in [2.24, 2.45) is 0 Å². The molecule has 0 bridgehead atoms. The number of aryl methyl sites for hydroxylation is 2. The summed E-state index contributed by atoms with van der Waals surface area (Å²) in [5, 5.41) is 4.37. The van der Waals surface area contributed by atoms with Gasteiger partial charge in [0.1, 0.15) is 5.58 Å². The smallest absolute Gasteiger partial charge is 0.291 e. The molecule has 0 fully saturated rings. The van der Waals surface area contributed by atoms with Crippen molar-refractivity contribution < 1.29 is 9.21 Å². The summed E-state index contributed by atoms with van der Waals surface area (Å²) in [4.78, 5) is 12.4. The molecule has 1 amide bonds. The minimum atomic E-state index is -0.269. The van der Waals surface area contributed by atoms with Crippen LogP contribution in [0.25, 0.3) is 11.0 Å². The van der Waals surface area contributed by atoms with Gasteiger partial charge in [-0.1, -0.05) is 30.7 Å². The van der Waals surface area contributed by atoms with Gasteiger partial charge in [-0.25, -0.2) is 0 Å². The van der Waals surface area contributed by atoms with Crippen LogP contribution in [0.4, 0.5) is 5.69 Å². The number of halogens is 1. The monoisotopic (exact) mass is 313 g/mol. The number of anilines is 1. The van der Waals surface area contributed by atoms with Crippen molar-refractivity contribution in [1.29, 1.82) is 0 Å². The average molecular weight is 314 g/mol. The average Bonchev–Trinajstić information content (AvgIpc) is 2.84. The summed E-state index contributed by atoms with van der Waals surface area (Å²) in [7, 11) is 0. The molecule has 3 rings (SSSR count). The lowest BCUT2D eigenvalue weighted by atomic mass is 10.1. The van der Waals surface area contributed by atoms with E-state index in [4.69, 9.17) is 16.0 Å². The Morgan fingerprint density at radius 3 is 2.77 bits per heavy atom. The standard InChI is InChI=1S/C18H16ClNO2/c1-3-12-7-8-16-15(9-12)11(2)17(22-16)18(21)20-14-6-4-5-13(19)10-14/h4-10H,3H2,1-2H3,(H,20,21). The molecule has 4 heteroatoms. The van der Waals surface area contributed by atoms with Crippen LogP contribution < -0.4 is 5.32 Å². The van der Waals surface area contributed by atoms with Crippen molar-refractivity contribution in [3.63, 3.8) is 0 Å². The van der Waals surface area contributed by atoms with E-state index in [1.165, 1.54) is 5.56 Å². The highest BCUT2D eigenvalue weighted by molar-refractivity contribution is 6.31. The van der Waals surface area contributed by atoms with Crippen LogP contribution in [-0.4, -0.2) is 5.91 Å². The molecule has 2 aromatic carbocycles. The summed E-state index contributed by atoms with van der Waals surface area (Å²) in [6.45, 7) is 4.00. The molecular formula is C18H16ClNO2. The van der Waals surface area contributed by atoms with Gasteiger partial charge in [0.15, 0.2) is 5.76 Å². The molecule has 3 aromatic rings. The van der Waals surface area contributed by atoms with E-state index in [1.54, 1.807) is 24.3 Å². The molecule has 0 unspecified atom stereocenters. The molecule has 0 atom stereocenters. The fourth-order valence-electron chi connectivity index (χ4n) is 2.46. The fourth-order valence-corrected chi connectivity index (χ4v) is 2.65. The van der Waals surface area contributed by atoms with E-state index < -0.39 is 0 Å². The van der Waals surface area contributed by atoms with Crippen molar-refractivity contribution in [2.75, 3.05) is 5.32 Å². The normalized spacial score (nSPS) is 10.9. The molecule has 1 N–H and O–H groups in total. The van der Waals surface area contributed by atoms with Gasteiger partial charge < -0.3 is 9.73 Å². The summed E-state index contributed by atoms with van der Waals surface area (Å²) < 4.78 is 5.72. The maximum Gasteiger partial charge on any atom is 0.291 e. The molecule has 1 aromatic heterocycles. The maximum absolute atomic E-state index is 12.4. The van der Waals surface area contributed by atoms with Crippen molar-refractivity contribution in [3.05, 3.63) is 64.4 Å². The first-order valence-corrected chi connectivity index (χ1v) is 7.55. The predicted octanol–water partition coefficient (Wildman–Crippen LogP) is 5.21. The molecule has 0 aliphatic carbocycles. The van der Waals surface area contributed by atoms with Gasteiger partial charge in [-0.15, -0.1) is 0 Å². The van der Waals surface area contributed by atoms with Gasteiger partial charge in [-0.2, -0.15) is 0 Å².